The summed E-state index contributed by atoms with van der Waals surface area (Å²) in [6, 6.07) is 15.4. The third kappa shape index (κ3) is 3.71. The lowest BCUT2D eigenvalue weighted by Gasteiger charge is -2.29. The van der Waals surface area contributed by atoms with Gasteiger partial charge in [0, 0.05) is 22.7 Å². The zero-order valence-corrected chi connectivity index (χ0v) is 16.3. The molecule has 1 aromatic heterocycles. The van der Waals surface area contributed by atoms with Crippen molar-refractivity contribution in [2.24, 2.45) is 0 Å². The van der Waals surface area contributed by atoms with Crippen molar-refractivity contribution in [2.45, 2.75) is 25.8 Å². The lowest BCUT2D eigenvalue weighted by atomic mass is 10.0. The van der Waals surface area contributed by atoms with E-state index in [2.05, 4.69) is 22.2 Å². The molecule has 144 valence electrons. The zero-order valence-electron chi connectivity index (χ0n) is 16.3. The van der Waals surface area contributed by atoms with Gasteiger partial charge in [-0.2, -0.15) is 0 Å². The number of aromatic amines is 1. The highest BCUT2D eigenvalue weighted by Crippen LogP contribution is 2.22. The predicted molar refractivity (Wildman–Crippen MR) is 113 cm³/mol. The van der Waals surface area contributed by atoms with E-state index in [0.717, 1.165) is 48.1 Å². The van der Waals surface area contributed by atoms with E-state index in [0.29, 0.717) is 10.9 Å². The number of nitrogens with zero attached hydrogens (tertiary/aromatic N) is 1. The van der Waals surface area contributed by atoms with Gasteiger partial charge < -0.3 is 15.2 Å². The number of hydrogen-bond acceptors (Lipinski definition) is 3. The van der Waals surface area contributed by atoms with Crippen LogP contribution in [0.4, 0.5) is 0 Å². The third-order valence-corrected chi connectivity index (χ3v) is 5.62. The molecule has 1 aliphatic rings. The van der Waals surface area contributed by atoms with Crippen LogP contribution in [0.15, 0.2) is 53.3 Å². The quantitative estimate of drug-likeness (QED) is 0.738. The number of benzene rings is 2. The van der Waals surface area contributed by atoms with Gasteiger partial charge in [0.2, 0.25) is 0 Å². The fourth-order valence-corrected chi connectivity index (χ4v) is 3.82. The van der Waals surface area contributed by atoms with Gasteiger partial charge in [0.1, 0.15) is 0 Å². The molecule has 1 aliphatic heterocycles. The van der Waals surface area contributed by atoms with Gasteiger partial charge in [0.05, 0.1) is 0 Å². The molecule has 0 radical (unpaired) electrons. The largest absolute Gasteiger partial charge is 0.349 e. The minimum atomic E-state index is -0.0970. The number of aromatic nitrogens is 1. The summed E-state index contributed by atoms with van der Waals surface area (Å²) in [5, 5.41) is 4.77. The van der Waals surface area contributed by atoms with Crippen molar-refractivity contribution in [3.8, 4) is 11.3 Å². The molecule has 2 heterocycles. The van der Waals surface area contributed by atoms with Gasteiger partial charge in [-0.25, -0.2) is 0 Å². The molecule has 1 saturated heterocycles. The van der Waals surface area contributed by atoms with Crippen LogP contribution < -0.4 is 10.9 Å². The van der Waals surface area contributed by atoms with Crippen molar-refractivity contribution in [1.29, 1.82) is 0 Å². The number of carbonyl (C=O) groups is 1. The summed E-state index contributed by atoms with van der Waals surface area (Å²) >= 11 is 0. The fraction of sp³-hybridized carbons (Fsp3) is 0.304. The molecule has 1 fully saturated rings. The molecule has 0 atom stereocenters. The molecule has 0 spiro atoms. The van der Waals surface area contributed by atoms with Gasteiger partial charge in [-0.15, -0.1) is 0 Å². The minimum Gasteiger partial charge on any atom is -0.349 e. The number of pyridine rings is 1. The summed E-state index contributed by atoms with van der Waals surface area (Å²) in [4.78, 5) is 30.2. The van der Waals surface area contributed by atoms with Crippen molar-refractivity contribution in [2.75, 3.05) is 20.1 Å². The van der Waals surface area contributed by atoms with Gasteiger partial charge in [-0.1, -0.05) is 24.3 Å². The predicted octanol–water partition coefficient (Wildman–Crippen LogP) is 3.33. The number of aryl methyl sites for hydroxylation is 1. The highest BCUT2D eigenvalue weighted by molar-refractivity contribution is 5.95. The molecule has 5 nitrogen and oxygen atoms in total. The number of carbonyl (C=O) groups excluding carboxylic acids is 1. The van der Waals surface area contributed by atoms with Crippen LogP contribution in [0.3, 0.4) is 0 Å². The molecule has 3 aromatic rings. The third-order valence-electron chi connectivity index (χ3n) is 5.62. The second kappa shape index (κ2) is 7.60. The molecule has 0 aliphatic carbocycles. The van der Waals surface area contributed by atoms with E-state index < -0.39 is 0 Å². The summed E-state index contributed by atoms with van der Waals surface area (Å²) in [7, 11) is 2.11. The van der Waals surface area contributed by atoms with E-state index in [9.17, 15) is 9.59 Å². The Balaban J connectivity index is 1.55. The molecule has 0 unspecified atom stereocenters. The number of rotatable bonds is 3. The van der Waals surface area contributed by atoms with E-state index in [1.807, 2.05) is 55.5 Å². The molecule has 1 amide bonds. The first-order valence-electron chi connectivity index (χ1n) is 9.74. The summed E-state index contributed by atoms with van der Waals surface area (Å²) in [5.74, 6) is -0.0380. The Morgan fingerprint density at radius 1 is 1.07 bits per heavy atom. The number of nitrogens with one attached hydrogen (secondary N) is 2. The topological polar surface area (TPSA) is 65.2 Å². The number of fused-ring (bicyclic) bond motifs is 1. The Bertz CT molecular complexity index is 1060. The van der Waals surface area contributed by atoms with Crippen LogP contribution in [0, 0.1) is 6.92 Å². The van der Waals surface area contributed by atoms with E-state index in [1.165, 1.54) is 0 Å². The van der Waals surface area contributed by atoms with Crippen LogP contribution in [0.5, 0.6) is 0 Å². The van der Waals surface area contributed by atoms with Crippen LogP contribution in [-0.2, 0) is 0 Å². The molecule has 4 rings (SSSR count). The first-order chi connectivity index (χ1) is 13.5. The van der Waals surface area contributed by atoms with Gasteiger partial charge in [0.15, 0.2) is 0 Å². The van der Waals surface area contributed by atoms with Crippen molar-refractivity contribution in [3.05, 3.63) is 70.0 Å². The van der Waals surface area contributed by atoms with E-state index in [-0.39, 0.29) is 17.5 Å². The minimum absolute atomic E-state index is 0.0380. The van der Waals surface area contributed by atoms with Crippen molar-refractivity contribution < 1.29 is 4.79 Å². The maximum Gasteiger partial charge on any atom is 0.256 e. The van der Waals surface area contributed by atoms with Crippen LogP contribution in [0.25, 0.3) is 22.0 Å². The van der Waals surface area contributed by atoms with Crippen LogP contribution >= 0.6 is 0 Å². The Labute approximate surface area is 164 Å². The van der Waals surface area contributed by atoms with E-state index in [4.69, 9.17) is 0 Å². The lowest BCUT2D eigenvalue weighted by Crippen LogP contribution is -2.43. The van der Waals surface area contributed by atoms with Gasteiger partial charge >= 0.3 is 0 Å². The maximum absolute atomic E-state index is 12.5. The standard InChI is InChI=1S/C23H25N3O2/c1-15-4-3-5-19-20(15)14-21(25-23(19)28)16-6-8-17(9-7-16)22(27)24-18-10-12-26(2)13-11-18/h3-9,14,18H,10-13H2,1-2H3,(H,24,27)(H,25,28). The maximum atomic E-state index is 12.5. The van der Waals surface area contributed by atoms with Crippen molar-refractivity contribution in [3.63, 3.8) is 0 Å². The van der Waals surface area contributed by atoms with Crippen molar-refractivity contribution in [1.82, 2.24) is 15.2 Å². The monoisotopic (exact) mass is 375 g/mol. The second-order valence-electron chi connectivity index (χ2n) is 7.68. The number of likely N-dealkylation sites (tertiary alicyclic amines) is 1. The summed E-state index contributed by atoms with van der Waals surface area (Å²) in [6.45, 7) is 4.03. The highest BCUT2D eigenvalue weighted by Gasteiger charge is 2.19. The van der Waals surface area contributed by atoms with Crippen LogP contribution in [-0.4, -0.2) is 42.0 Å². The first-order valence-corrected chi connectivity index (χ1v) is 9.74. The summed E-state index contributed by atoms with van der Waals surface area (Å²) in [6.07, 6.45) is 1.97. The second-order valence-corrected chi connectivity index (χ2v) is 7.68. The number of hydrogen-bond donors (Lipinski definition) is 2. The molecule has 2 aromatic carbocycles. The first kappa shape index (κ1) is 18.4. The lowest BCUT2D eigenvalue weighted by molar-refractivity contribution is 0.0917. The average molecular weight is 375 g/mol. The van der Waals surface area contributed by atoms with Gasteiger partial charge in [0.25, 0.3) is 11.5 Å². The van der Waals surface area contributed by atoms with Crippen LogP contribution in [0.1, 0.15) is 28.8 Å². The SMILES string of the molecule is Cc1cccc2c(=O)[nH]c(-c3ccc(C(=O)NC4CCN(C)CC4)cc3)cc12. The molecule has 2 N–H and O–H groups in total. The molecule has 5 heteroatoms. The van der Waals surface area contributed by atoms with Gasteiger partial charge in [-0.05, 0) is 80.7 Å². The van der Waals surface area contributed by atoms with Crippen LogP contribution in [0.2, 0.25) is 0 Å². The van der Waals surface area contributed by atoms with E-state index >= 15 is 0 Å². The Morgan fingerprint density at radius 2 is 1.79 bits per heavy atom. The van der Waals surface area contributed by atoms with Crippen molar-refractivity contribution >= 4 is 16.7 Å². The number of amides is 1. The van der Waals surface area contributed by atoms with Gasteiger partial charge in [-0.3, -0.25) is 9.59 Å². The van der Waals surface area contributed by atoms with E-state index in [1.54, 1.807) is 0 Å². The Kier molecular flexibility index (Phi) is 5.01. The zero-order chi connectivity index (χ0) is 19.7. The molecule has 0 saturated carbocycles. The molecule has 0 bridgehead atoms. The smallest absolute Gasteiger partial charge is 0.256 e. The Morgan fingerprint density at radius 3 is 2.50 bits per heavy atom. The average Bonchev–Trinajstić information content (AvgIpc) is 2.70. The Hall–Kier alpha value is -2.92. The fourth-order valence-electron chi connectivity index (χ4n) is 3.82. The normalized spacial score (nSPS) is 15.6. The molecule has 28 heavy (non-hydrogen) atoms. The number of H-pyrrole nitrogens is 1. The molecular formula is C23H25N3O2. The summed E-state index contributed by atoms with van der Waals surface area (Å²) in [5.41, 5.74) is 3.26. The highest BCUT2D eigenvalue weighted by atomic mass is 16.1. The molecular weight excluding hydrogens is 350 g/mol. The number of piperidine rings is 1. The summed E-state index contributed by atoms with van der Waals surface area (Å²) < 4.78 is 0.